The van der Waals surface area contributed by atoms with Crippen molar-refractivity contribution in [1.29, 1.82) is 0 Å². The predicted molar refractivity (Wildman–Crippen MR) is 72.8 cm³/mol. The summed E-state index contributed by atoms with van der Waals surface area (Å²) in [6.07, 6.45) is 0. The fourth-order valence-corrected chi connectivity index (χ4v) is 4.42. The first-order valence-electron chi connectivity index (χ1n) is 6.40. The molecule has 5 rings (SSSR count). The van der Waals surface area contributed by atoms with Crippen molar-refractivity contribution in [1.82, 2.24) is 19.8 Å². The van der Waals surface area contributed by atoms with Gasteiger partial charge in [0.15, 0.2) is 0 Å². The van der Waals surface area contributed by atoms with E-state index in [1.165, 1.54) is 13.1 Å². The first-order valence-corrected chi connectivity index (χ1v) is 7.94. The normalized spacial score (nSPS) is 33.7. The zero-order valence-electron chi connectivity index (χ0n) is 10.1. The lowest BCUT2D eigenvalue weighted by Crippen LogP contribution is -2.57. The molecule has 96 valence electrons. The Kier molecular flexibility index (Phi) is 2.76. The molecule has 0 aromatic carbocycles. The van der Waals surface area contributed by atoms with E-state index in [9.17, 15) is 0 Å². The molecule has 0 N–H and O–H groups in total. The zero-order valence-corrected chi connectivity index (χ0v) is 11.7. The Morgan fingerprint density at radius 1 is 1.11 bits per heavy atom. The molecule has 5 heterocycles. The van der Waals surface area contributed by atoms with Gasteiger partial charge in [0.2, 0.25) is 0 Å². The number of thioether (sulfide) groups is 1. The molecule has 1 aromatic heterocycles. The average molecular weight is 283 g/mol. The molecule has 4 aliphatic heterocycles. The number of rotatable bonds is 1. The molecule has 4 nitrogen and oxygen atoms in total. The number of hydrogen-bond acceptors (Lipinski definition) is 5. The number of piperazine rings is 3. The molecule has 0 saturated carbocycles. The largest absolute Gasteiger partial charge is 0.299 e. The van der Waals surface area contributed by atoms with Gasteiger partial charge in [-0.3, -0.25) is 9.80 Å². The van der Waals surface area contributed by atoms with Crippen LogP contribution in [-0.4, -0.2) is 52.5 Å². The molecule has 1 unspecified atom stereocenters. The maximum absolute atomic E-state index is 6.30. The Morgan fingerprint density at radius 3 is 2.67 bits per heavy atom. The van der Waals surface area contributed by atoms with Gasteiger partial charge in [-0.15, -0.1) is 0 Å². The highest BCUT2D eigenvalue weighted by atomic mass is 35.5. The minimum Gasteiger partial charge on any atom is -0.299 e. The van der Waals surface area contributed by atoms with Gasteiger partial charge in [0.25, 0.3) is 0 Å². The number of aromatic nitrogens is 2. The van der Waals surface area contributed by atoms with E-state index < -0.39 is 0 Å². The van der Waals surface area contributed by atoms with Crippen LogP contribution in [0.5, 0.6) is 0 Å². The van der Waals surface area contributed by atoms with E-state index in [-0.39, 0.29) is 0 Å². The fourth-order valence-electron chi connectivity index (χ4n) is 3.04. The summed E-state index contributed by atoms with van der Waals surface area (Å²) in [5.41, 5.74) is 2.31. The van der Waals surface area contributed by atoms with Crippen LogP contribution in [0, 0.1) is 0 Å². The highest BCUT2D eigenvalue weighted by molar-refractivity contribution is 7.98. The van der Waals surface area contributed by atoms with Gasteiger partial charge in [-0.05, 0) is 0 Å². The molecule has 6 heteroatoms. The second kappa shape index (κ2) is 4.34. The van der Waals surface area contributed by atoms with Gasteiger partial charge < -0.3 is 0 Å². The SMILES string of the molecule is Clc1nc(C2CN3CCN2CC3)nc2c1CSC2. The number of nitrogens with zero attached hydrogens (tertiary/aromatic N) is 4. The van der Waals surface area contributed by atoms with Crippen LogP contribution < -0.4 is 0 Å². The molecular formula is C12H15ClN4S. The highest BCUT2D eigenvalue weighted by Gasteiger charge is 2.35. The minimum atomic E-state index is 0.348. The van der Waals surface area contributed by atoms with Crippen molar-refractivity contribution in [2.45, 2.75) is 17.5 Å². The van der Waals surface area contributed by atoms with Crippen molar-refractivity contribution in [2.75, 3.05) is 32.7 Å². The van der Waals surface area contributed by atoms with Crippen LogP contribution in [0.15, 0.2) is 0 Å². The van der Waals surface area contributed by atoms with Gasteiger partial charge in [-0.2, -0.15) is 11.8 Å². The van der Waals surface area contributed by atoms with Gasteiger partial charge in [-0.25, -0.2) is 9.97 Å². The molecule has 3 fully saturated rings. The maximum atomic E-state index is 6.30. The standard InChI is InChI=1S/C12H15ClN4S/c13-11-8-6-18-7-9(8)14-12(15-11)10-5-16-1-3-17(10)4-2-16/h10H,1-7H2. The van der Waals surface area contributed by atoms with Crippen LogP contribution >= 0.6 is 23.4 Å². The molecule has 18 heavy (non-hydrogen) atoms. The van der Waals surface area contributed by atoms with Crippen LogP contribution in [-0.2, 0) is 11.5 Å². The molecule has 0 aliphatic carbocycles. The van der Waals surface area contributed by atoms with Crippen LogP contribution in [0.3, 0.4) is 0 Å². The topological polar surface area (TPSA) is 32.3 Å². The van der Waals surface area contributed by atoms with Crippen molar-refractivity contribution in [3.05, 3.63) is 22.2 Å². The summed E-state index contributed by atoms with van der Waals surface area (Å²) in [6.45, 7) is 5.70. The van der Waals surface area contributed by atoms with Gasteiger partial charge in [0.05, 0.1) is 11.7 Å². The molecular weight excluding hydrogens is 268 g/mol. The number of fused-ring (bicyclic) bond motifs is 4. The summed E-state index contributed by atoms with van der Waals surface area (Å²) in [7, 11) is 0. The van der Waals surface area contributed by atoms with E-state index in [0.29, 0.717) is 11.2 Å². The van der Waals surface area contributed by atoms with E-state index in [4.69, 9.17) is 16.6 Å². The molecule has 0 spiro atoms. The smallest absolute Gasteiger partial charge is 0.148 e. The summed E-state index contributed by atoms with van der Waals surface area (Å²) in [6, 6.07) is 0.348. The first kappa shape index (κ1) is 11.5. The molecule has 4 aliphatic rings. The van der Waals surface area contributed by atoms with Crippen LogP contribution in [0.25, 0.3) is 0 Å². The molecule has 1 aromatic rings. The lowest BCUT2D eigenvalue weighted by molar-refractivity contribution is 0.00857. The third-order valence-corrected chi connectivity index (χ3v) is 5.40. The third kappa shape index (κ3) is 1.76. The van der Waals surface area contributed by atoms with Crippen molar-refractivity contribution >= 4 is 23.4 Å². The Morgan fingerprint density at radius 2 is 1.94 bits per heavy atom. The van der Waals surface area contributed by atoms with Gasteiger partial charge in [-0.1, -0.05) is 11.6 Å². The highest BCUT2D eigenvalue weighted by Crippen LogP contribution is 2.35. The van der Waals surface area contributed by atoms with Gasteiger partial charge in [0.1, 0.15) is 11.0 Å². The molecule has 1 atom stereocenters. The third-order valence-electron chi connectivity index (χ3n) is 4.12. The summed E-state index contributed by atoms with van der Waals surface area (Å²) < 4.78 is 0. The predicted octanol–water partition coefficient (Wildman–Crippen LogP) is 1.55. The summed E-state index contributed by atoms with van der Waals surface area (Å²) in [5.74, 6) is 2.89. The second-order valence-electron chi connectivity index (χ2n) is 5.14. The van der Waals surface area contributed by atoms with E-state index in [0.717, 1.165) is 48.2 Å². The van der Waals surface area contributed by atoms with Gasteiger partial charge >= 0.3 is 0 Å². The summed E-state index contributed by atoms with van der Waals surface area (Å²) in [4.78, 5) is 14.3. The lowest BCUT2D eigenvalue weighted by atomic mass is 10.1. The maximum Gasteiger partial charge on any atom is 0.148 e. The Bertz CT molecular complexity index is 487. The van der Waals surface area contributed by atoms with Gasteiger partial charge in [0, 0.05) is 49.8 Å². The Hall–Kier alpha value is -0.360. The fraction of sp³-hybridized carbons (Fsp3) is 0.667. The second-order valence-corrected chi connectivity index (χ2v) is 6.49. The molecule has 0 amide bonds. The van der Waals surface area contributed by atoms with Crippen molar-refractivity contribution in [3.63, 3.8) is 0 Å². The van der Waals surface area contributed by atoms with Crippen LogP contribution in [0.1, 0.15) is 23.1 Å². The first-order chi connectivity index (χ1) is 8.81. The lowest BCUT2D eigenvalue weighted by Gasteiger charge is -2.46. The molecule has 3 saturated heterocycles. The summed E-state index contributed by atoms with van der Waals surface area (Å²) >= 11 is 8.18. The van der Waals surface area contributed by atoms with Crippen LogP contribution in [0.2, 0.25) is 5.15 Å². The van der Waals surface area contributed by atoms with Crippen molar-refractivity contribution in [2.24, 2.45) is 0 Å². The monoisotopic (exact) mass is 282 g/mol. The Labute approximate surface area is 116 Å². The van der Waals surface area contributed by atoms with E-state index in [1.807, 2.05) is 11.8 Å². The average Bonchev–Trinajstić information content (AvgIpc) is 2.89. The van der Waals surface area contributed by atoms with Crippen molar-refractivity contribution < 1.29 is 0 Å². The number of halogens is 1. The summed E-state index contributed by atoms with van der Waals surface area (Å²) in [5, 5.41) is 0.678. The van der Waals surface area contributed by atoms with E-state index >= 15 is 0 Å². The quantitative estimate of drug-likeness (QED) is 0.730. The van der Waals surface area contributed by atoms with E-state index in [1.54, 1.807) is 0 Å². The minimum absolute atomic E-state index is 0.348. The van der Waals surface area contributed by atoms with Crippen molar-refractivity contribution in [3.8, 4) is 0 Å². The molecule has 0 radical (unpaired) electrons. The van der Waals surface area contributed by atoms with E-state index in [2.05, 4.69) is 14.8 Å². The van der Waals surface area contributed by atoms with Crippen LogP contribution in [0.4, 0.5) is 0 Å². The zero-order chi connectivity index (χ0) is 12.1. The molecule has 2 bridgehead atoms. The Balaban J connectivity index is 1.71. The number of hydrogen-bond donors (Lipinski definition) is 0.